The van der Waals surface area contributed by atoms with Crippen LogP contribution in [0.3, 0.4) is 0 Å². The fourth-order valence-electron chi connectivity index (χ4n) is 3.32. The molecule has 1 aromatic heterocycles. The Labute approximate surface area is 168 Å². The molecule has 1 unspecified atom stereocenters. The van der Waals surface area contributed by atoms with Gasteiger partial charge in [0.1, 0.15) is 4.21 Å². The average molecular weight is 423 g/mol. The van der Waals surface area contributed by atoms with Gasteiger partial charge in [-0.15, -0.1) is 11.3 Å². The van der Waals surface area contributed by atoms with Gasteiger partial charge in [0.15, 0.2) is 0 Å². The van der Waals surface area contributed by atoms with Crippen LogP contribution < -0.4 is 5.32 Å². The summed E-state index contributed by atoms with van der Waals surface area (Å²) in [6, 6.07) is 9.44. The quantitative estimate of drug-likeness (QED) is 0.722. The summed E-state index contributed by atoms with van der Waals surface area (Å²) in [5.74, 6) is -0.884. The monoisotopic (exact) mass is 422 g/mol. The lowest BCUT2D eigenvalue weighted by molar-refractivity contribution is -0.117. The smallest absolute Gasteiger partial charge is 0.339 e. The number of hydrogen-bond acceptors (Lipinski definition) is 6. The van der Waals surface area contributed by atoms with Crippen LogP contribution in [-0.4, -0.2) is 44.3 Å². The number of para-hydroxylation sites is 1. The highest BCUT2D eigenvalue weighted by molar-refractivity contribution is 7.91. The van der Waals surface area contributed by atoms with E-state index in [1.54, 1.807) is 41.8 Å². The number of benzene rings is 1. The van der Waals surface area contributed by atoms with E-state index in [1.165, 1.54) is 22.8 Å². The third kappa shape index (κ3) is 4.43. The number of anilines is 1. The largest absolute Gasteiger partial charge is 0.465 e. The van der Waals surface area contributed by atoms with Crippen LogP contribution in [0.2, 0.25) is 0 Å². The van der Waals surface area contributed by atoms with Crippen LogP contribution in [0.1, 0.15) is 36.0 Å². The average Bonchev–Trinajstić information content (AvgIpc) is 3.24. The molecule has 0 spiro atoms. The predicted octanol–water partition coefficient (Wildman–Crippen LogP) is 3.11. The van der Waals surface area contributed by atoms with Gasteiger partial charge in [-0.3, -0.25) is 4.79 Å². The fourth-order valence-corrected chi connectivity index (χ4v) is 6.13. The molecule has 0 bridgehead atoms. The van der Waals surface area contributed by atoms with Gasteiger partial charge in [0.25, 0.3) is 10.0 Å². The first kappa shape index (κ1) is 20.5. The maximum atomic E-state index is 12.9. The number of rotatable bonds is 6. The summed E-state index contributed by atoms with van der Waals surface area (Å²) in [5, 5.41) is 4.45. The molecule has 1 aliphatic heterocycles. The third-order valence-electron chi connectivity index (χ3n) is 4.66. The zero-order chi connectivity index (χ0) is 20.1. The molecule has 0 radical (unpaired) electrons. The normalized spacial score (nSPS) is 17.8. The van der Waals surface area contributed by atoms with Crippen molar-refractivity contribution < 1.29 is 22.7 Å². The van der Waals surface area contributed by atoms with E-state index in [9.17, 15) is 18.0 Å². The molecule has 150 valence electrons. The van der Waals surface area contributed by atoms with Gasteiger partial charge in [-0.25, -0.2) is 13.2 Å². The highest BCUT2D eigenvalue weighted by Crippen LogP contribution is 2.29. The molecule has 0 aliphatic carbocycles. The molecule has 1 aliphatic rings. The lowest BCUT2D eigenvalue weighted by Crippen LogP contribution is -2.45. The van der Waals surface area contributed by atoms with Gasteiger partial charge in [0.2, 0.25) is 5.91 Å². The summed E-state index contributed by atoms with van der Waals surface area (Å²) in [7, 11) is -2.34. The van der Waals surface area contributed by atoms with E-state index < -0.39 is 22.0 Å². The van der Waals surface area contributed by atoms with Crippen molar-refractivity contribution in [2.45, 2.75) is 35.9 Å². The van der Waals surface area contributed by atoms with Gasteiger partial charge in [-0.1, -0.05) is 24.6 Å². The van der Waals surface area contributed by atoms with E-state index in [-0.39, 0.29) is 22.1 Å². The number of thiophene rings is 1. The molecule has 1 saturated heterocycles. The number of nitrogens with zero attached hydrogens (tertiary/aromatic N) is 1. The standard InChI is InChI=1S/C19H22N2O5S2/c1-26-19(23)15-8-2-3-9-16(15)20-17(22)13-14-7-4-5-11-21(14)28(24,25)18-10-6-12-27-18/h2-3,6,8-10,12,14H,4-5,7,11,13H2,1H3,(H,20,22). The Hall–Kier alpha value is -2.23. The van der Waals surface area contributed by atoms with Crippen molar-refractivity contribution in [1.82, 2.24) is 4.31 Å². The highest BCUT2D eigenvalue weighted by Gasteiger charge is 2.35. The van der Waals surface area contributed by atoms with Gasteiger partial charge in [0, 0.05) is 19.0 Å². The Kier molecular flexibility index (Phi) is 6.48. The molecule has 7 nitrogen and oxygen atoms in total. The van der Waals surface area contributed by atoms with Crippen molar-refractivity contribution in [3.8, 4) is 0 Å². The second kappa shape index (κ2) is 8.85. The minimum absolute atomic E-state index is 0.0279. The topological polar surface area (TPSA) is 92.8 Å². The van der Waals surface area contributed by atoms with Crippen molar-refractivity contribution >= 4 is 38.9 Å². The van der Waals surface area contributed by atoms with Crippen molar-refractivity contribution in [1.29, 1.82) is 0 Å². The van der Waals surface area contributed by atoms with Crippen LogP contribution in [-0.2, 0) is 19.6 Å². The molecule has 1 fully saturated rings. The van der Waals surface area contributed by atoms with E-state index in [2.05, 4.69) is 5.32 Å². The molecule has 0 saturated carbocycles. The summed E-state index contributed by atoms with van der Waals surface area (Å²) in [4.78, 5) is 24.5. The van der Waals surface area contributed by atoms with Crippen LogP contribution in [0, 0.1) is 0 Å². The molecule has 1 N–H and O–H groups in total. The lowest BCUT2D eigenvalue weighted by Gasteiger charge is -2.34. The molecular weight excluding hydrogens is 400 g/mol. The Bertz CT molecular complexity index is 941. The van der Waals surface area contributed by atoms with Crippen molar-refractivity contribution in [3.05, 3.63) is 47.3 Å². The van der Waals surface area contributed by atoms with Crippen molar-refractivity contribution in [2.24, 2.45) is 0 Å². The lowest BCUT2D eigenvalue weighted by atomic mass is 10.0. The molecule has 9 heteroatoms. The third-order valence-corrected chi connectivity index (χ3v) is 7.98. The number of carbonyl (C=O) groups is 2. The minimum Gasteiger partial charge on any atom is -0.465 e. The Morgan fingerprint density at radius 3 is 2.71 bits per heavy atom. The van der Waals surface area contributed by atoms with Gasteiger partial charge in [0.05, 0.1) is 18.4 Å². The van der Waals surface area contributed by atoms with E-state index in [0.717, 1.165) is 12.8 Å². The van der Waals surface area contributed by atoms with E-state index in [0.29, 0.717) is 18.7 Å². The number of hydrogen-bond donors (Lipinski definition) is 1. The maximum absolute atomic E-state index is 12.9. The fraction of sp³-hybridized carbons (Fsp3) is 0.368. The molecular formula is C19H22N2O5S2. The Morgan fingerprint density at radius 2 is 2.00 bits per heavy atom. The maximum Gasteiger partial charge on any atom is 0.339 e. The number of sulfonamides is 1. The molecule has 1 amide bonds. The van der Waals surface area contributed by atoms with Gasteiger partial charge in [-0.2, -0.15) is 4.31 Å². The number of esters is 1. The highest BCUT2D eigenvalue weighted by atomic mass is 32.2. The number of carbonyl (C=O) groups excluding carboxylic acids is 2. The summed E-state index contributed by atoms with van der Waals surface area (Å²) >= 11 is 1.17. The van der Waals surface area contributed by atoms with E-state index >= 15 is 0 Å². The first-order chi connectivity index (χ1) is 13.4. The molecule has 3 rings (SSSR count). The molecule has 28 heavy (non-hydrogen) atoms. The first-order valence-corrected chi connectivity index (χ1v) is 11.3. The SMILES string of the molecule is COC(=O)c1ccccc1NC(=O)CC1CCCCN1S(=O)(=O)c1cccs1. The summed E-state index contributed by atoms with van der Waals surface area (Å²) in [6.45, 7) is 0.400. The van der Waals surface area contributed by atoms with Crippen LogP contribution in [0.5, 0.6) is 0 Å². The summed E-state index contributed by atoms with van der Waals surface area (Å²) < 4.78 is 32.3. The number of piperidine rings is 1. The molecule has 1 atom stereocenters. The first-order valence-electron chi connectivity index (χ1n) is 8.96. The second-order valence-electron chi connectivity index (χ2n) is 6.49. The van der Waals surface area contributed by atoms with Gasteiger partial charge >= 0.3 is 5.97 Å². The predicted molar refractivity (Wildman–Crippen MR) is 107 cm³/mol. The zero-order valence-electron chi connectivity index (χ0n) is 15.5. The zero-order valence-corrected chi connectivity index (χ0v) is 17.1. The Balaban J connectivity index is 1.75. The van der Waals surface area contributed by atoms with Crippen molar-refractivity contribution in [2.75, 3.05) is 19.0 Å². The van der Waals surface area contributed by atoms with Crippen LogP contribution in [0.4, 0.5) is 5.69 Å². The molecule has 1 aromatic carbocycles. The number of nitrogens with one attached hydrogen (secondary N) is 1. The second-order valence-corrected chi connectivity index (χ2v) is 9.55. The van der Waals surface area contributed by atoms with Crippen molar-refractivity contribution in [3.63, 3.8) is 0 Å². The summed E-state index contributed by atoms with van der Waals surface area (Å²) in [6.07, 6.45) is 2.29. The Morgan fingerprint density at radius 1 is 1.21 bits per heavy atom. The van der Waals surface area contributed by atoms with Gasteiger partial charge in [-0.05, 0) is 36.4 Å². The van der Waals surface area contributed by atoms with Crippen LogP contribution >= 0.6 is 11.3 Å². The van der Waals surface area contributed by atoms with E-state index in [4.69, 9.17) is 4.74 Å². The number of ether oxygens (including phenoxy) is 1. The number of methoxy groups -OCH3 is 1. The van der Waals surface area contributed by atoms with E-state index in [1.807, 2.05) is 0 Å². The summed E-state index contributed by atoms with van der Waals surface area (Å²) in [5.41, 5.74) is 0.605. The number of amides is 1. The minimum atomic E-state index is -3.61. The van der Waals surface area contributed by atoms with Crippen LogP contribution in [0.15, 0.2) is 46.0 Å². The van der Waals surface area contributed by atoms with Gasteiger partial charge < -0.3 is 10.1 Å². The molecule has 2 aromatic rings. The van der Waals surface area contributed by atoms with Crippen LogP contribution in [0.25, 0.3) is 0 Å². The molecule has 2 heterocycles.